The number of aliphatic hydroxyl groups is 1. The molecule has 2 aliphatic rings. The summed E-state index contributed by atoms with van der Waals surface area (Å²) in [4.78, 5) is 0. The molecule has 2 nitrogen and oxygen atoms in total. The van der Waals surface area contributed by atoms with E-state index < -0.39 is 2.88 Å². The topological polar surface area (TPSA) is 32.3 Å². The monoisotopic (exact) mass is 341 g/mol. The molecule has 0 saturated carbocycles. The molecule has 0 aromatic rings. The van der Waals surface area contributed by atoms with Gasteiger partial charge in [-0.25, -0.2) is 0 Å². The summed E-state index contributed by atoms with van der Waals surface area (Å²) in [5.74, 6) is 0.0831. The highest BCUT2D eigenvalue weighted by atomic mass is 127. The van der Waals surface area contributed by atoms with Crippen LogP contribution in [0.1, 0.15) is 0 Å². The summed E-state index contributed by atoms with van der Waals surface area (Å²) >= 11 is 14.0. The Morgan fingerprint density at radius 2 is 2.21 bits per heavy atom. The Balaban J connectivity index is 2.59. The summed E-state index contributed by atoms with van der Waals surface area (Å²) in [7, 11) is 0. The molecule has 0 amide bonds. The lowest BCUT2D eigenvalue weighted by Gasteiger charge is -2.27. The first-order chi connectivity index (χ1) is 6.52. The van der Waals surface area contributed by atoms with Crippen LogP contribution < -0.4 is 5.32 Å². The Hall–Kier alpha value is -0.130. The molecule has 2 N–H and O–H groups in total. The number of hydrogen-bond donors (Lipinski definition) is 2. The third-order valence-corrected chi connectivity index (χ3v) is 3.40. The van der Waals surface area contributed by atoms with E-state index in [4.69, 9.17) is 23.2 Å². The molecule has 0 aromatic heterocycles. The van der Waals surface area contributed by atoms with Crippen molar-refractivity contribution in [2.45, 2.75) is 2.88 Å². The first-order valence-electron chi connectivity index (χ1n) is 3.86. The van der Waals surface area contributed by atoms with E-state index in [-0.39, 0.29) is 5.76 Å². The number of allylic oxidation sites excluding steroid dienone is 4. The van der Waals surface area contributed by atoms with Gasteiger partial charge >= 0.3 is 0 Å². The Morgan fingerprint density at radius 3 is 2.93 bits per heavy atom. The van der Waals surface area contributed by atoms with Gasteiger partial charge in [-0.15, -0.1) is 0 Å². The Kier molecular flexibility index (Phi) is 2.57. The number of nitrogens with one attached hydrogen (secondary N) is 1. The molecule has 1 heterocycles. The average Bonchev–Trinajstić information content (AvgIpc) is 2.14. The van der Waals surface area contributed by atoms with E-state index in [1.165, 1.54) is 0 Å². The smallest absolute Gasteiger partial charge is 0.174 e. The quantitative estimate of drug-likeness (QED) is 0.523. The Bertz CT molecular complexity index is 407. The molecule has 2 rings (SSSR count). The van der Waals surface area contributed by atoms with E-state index in [2.05, 4.69) is 5.32 Å². The van der Waals surface area contributed by atoms with Gasteiger partial charge in [0.25, 0.3) is 0 Å². The number of dihydropyridines is 1. The number of rotatable bonds is 0. The van der Waals surface area contributed by atoms with Crippen LogP contribution in [0.3, 0.4) is 0 Å². The van der Waals surface area contributed by atoms with Gasteiger partial charge in [0.15, 0.2) is 8.64 Å². The summed E-state index contributed by atoms with van der Waals surface area (Å²) in [5.41, 5.74) is 1.34. The minimum absolute atomic E-state index is 0.0831. The van der Waals surface area contributed by atoms with Crippen molar-refractivity contribution >= 4 is 45.8 Å². The van der Waals surface area contributed by atoms with Crippen molar-refractivity contribution < 1.29 is 5.11 Å². The molecule has 74 valence electrons. The SMILES string of the molecule is OC1=C2NC=CC=C2C(Cl)=CC1(Cl)I. The fourth-order valence-corrected chi connectivity index (χ4v) is 2.65. The van der Waals surface area contributed by atoms with Crippen LogP contribution in [0.25, 0.3) is 0 Å². The highest BCUT2D eigenvalue weighted by Crippen LogP contribution is 2.44. The second kappa shape index (κ2) is 3.47. The van der Waals surface area contributed by atoms with Crippen molar-refractivity contribution in [3.05, 3.63) is 46.5 Å². The molecule has 1 atom stereocenters. The molecule has 0 saturated heterocycles. The third-order valence-electron chi connectivity index (χ3n) is 1.97. The zero-order valence-corrected chi connectivity index (χ0v) is 10.6. The zero-order valence-electron chi connectivity index (χ0n) is 6.89. The van der Waals surface area contributed by atoms with E-state index in [9.17, 15) is 5.11 Å². The molecule has 0 bridgehead atoms. The van der Waals surface area contributed by atoms with Crippen molar-refractivity contribution in [3.63, 3.8) is 0 Å². The van der Waals surface area contributed by atoms with Gasteiger partial charge in [-0.05, 0) is 40.8 Å². The van der Waals surface area contributed by atoms with Crippen molar-refractivity contribution in [2.75, 3.05) is 0 Å². The van der Waals surface area contributed by atoms with Crippen molar-refractivity contribution in [1.29, 1.82) is 0 Å². The summed E-state index contributed by atoms with van der Waals surface area (Å²) < 4.78 is -0.959. The van der Waals surface area contributed by atoms with Gasteiger partial charge in [0.05, 0.1) is 5.70 Å². The lowest BCUT2D eigenvalue weighted by molar-refractivity contribution is 0.388. The van der Waals surface area contributed by atoms with E-state index in [1.807, 2.05) is 34.7 Å². The lowest BCUT2D eigenvalue weighted by atomic mass is 10.0. The van der Waals surface area contributed by atoms with Crippen LogP contribution in [-0.2, 0) is 0 Å². The standard InChI is InChI=1S/C9H6Cl2INO/c10-6-4-9(11,12)8(14)7-5(6)2-1-3-13-7/h1-4,13-14H. The van der Waals surface area contributed by atoms with Gasteiger partial charge in [0.1, 0.15) is 0 Å². The van der Waals surface area contributed by atoms with Crippen LogP contribution in [0.15, 0.2) is 46.5 Å². The van der Waals surface area contributed by atoms with Crippen LogP contribution in [0.2, 0.25) is 0 Å². The molecule has 1 unspecified atom stereocenters. The molecule has 5 heteroatoms. The maximum atomic E-state index is 9.85. The number of alkyl halides is 2. The number of fused-ring (bicyclic) bond motifs is 1. The number of hydrogen-bond acceptors (Lipinski definition) is 2. The van der Waals surface area contributed by atoms with Crippen LogP contribution >= 0.6 is 45.8 Å². The van der Waals surface area contributed by atoms with Crippen molar-refractivity contribution in [3.8, 4) is 0 Å². The van der Waals surface area contributed by atoms with Crippen LogP contribution in [0, 0.1) is 0 Å². The molecular formula is C9H6Cl2INO. The molecule has 0 fully saturated rings. The largest absolute Gasteiger partial charge is 0.507 e. The Morgan fingerprint density at radius 1 is 1.50 bits per heavy atom. The minimum Gasteiger partial charge on any atom is -0.507 e. The number of halogens is 3. The van der Waals surface area contributed by atoms with Gasteiger partial charge in [-0.2, -0.15) is 0 Å². The van der Waals surface area contributed by atoms with Gasteiger partial charge in [0.2, 0.25) is 0 Å². The maximum absolute atomic E-state index is 9.85. The summed E-state index contributed by atoms with van der Waals surface area (Å²) in [6, 6.07) is 0. The van der Waals surface area contributed by atoms with E-state index >= 15 is 0 Å². The van der Waals surface area contributed by atoms with Crippen LogP contribution in [0.5, 0.6) is 0 Å². The molecule has 1 aliphatic carbocycles. The average molecular weight is 342 g/mol. The molecule has 1 aliphatic heterocycles. The third kappa shape index (κ3) is 1.57. The normalized spacial score (nSPS) is 30.5. The Labute approximate surface area is 105 Å². The maximum Gasteiger partial charge on any atom is 0.174 e. The lowest BCUT2D eigenvalue weighted by Crippen LogP contribution is -2.26. The second-order valence-electron chi connectivity index (χ2n) is 2.92. The van der Waals surface area contributed by atoms with Gasteiger partial charge in [-0.3, -0.25) is 0 Å². The van der Waals surface area contributed by atoms with Crippen molar-refractivity contribution in [1.82, 2.24) is 5.32 Å². The molecular weight excluding hydrogens is 336 g/mol. The predicted octanol–water partition coefficient (Wildman–Crippen LogP) is 3.31. The number of aliphatic hydroxyl groups excluding tert-OH is 1. The first kappa shape index (κ1) is 10.4. The predicted molar refractivity (Wildman–Crippen MR) is 66.6 cm³/mol. The summed E-state index contributed by atoms with van der Waals surface area (Å²) in [6.45, 7) is 0. The zero-order chi connectivity index (χ0) is 10.3. The van der Waals surface area contributed by atoms with Gasteiger partial charge in [0, 0.05) is 16.8 Å². The summed E-state index contributed by atoms with van der Waals surface area (Å²) in [5, 5.41) is 13.3. The van der Waals surface area contributed by atoms with E-state index in [1.54, 1.807) is 12.3 Å². The highest BCUT2D eigenvalue weighted by molar-refractivity contribution is 14.1. The van der Waals surface area contributed by atoms with E-state index in [0.29, 0.717) is 10.7 Å². The first-order valence-corrected chi connectivity index (χ1v) is 5.70. The molecule has 14 heavy (non-hydrogen) atoms. The molecule has 0 aromatic carbocycles. The van der Waals surface area contributed by atoms with Crippen molar-refractivity contribution in [2.24, 2.45) is 0 Å². The van der Waals surface area contributed by atoms with Gasteiger partial charge in [-0.1, -0.05) is 23.2 Å². The van der Waals surface area contributed by atoms with Gasteiger partial charge < -0.3 is 10.4 Å². The fraction of sp³-hybridized carbons (Fsp3) is 0.111. The minimum atomic E-state index is -0.959. The fourth-order valence-electron chi connectivity index (χ4n) is 1.30. The molecule has 0 radical (unpaired) electrons. The summed E-state index contributed by atoms with van der Waals surface area (Å²) in [6.07, 6.45) is 6.97. The highest BCUT2D eigenvalue weighted by Gasteiger charge is 2.35. The van der Waals surface area contributed by atoms with Crippen LogP contribution in [-0.4, -0.2) is 7.99 Å². The second-order valence-corrected chi connectivity index (χ2v) is 6.27. The van der Waals surface area contributed by atoms with Crippen LogP contribution in [0.4, 0.5) is 0 Å². The van der Waals surface area contributed by atoms with E-state index in [0.717, 1.165) is 5.57 Å². The molecule has 0 spiro atoms.